The lowest BCUT2D eigenvalue weighted by Crippen LogP contribution is -2.18. The van der Waals surface area contributed by atoms with Gasteiger partial charge in [-0.25, -0.2) is 4.79 Å². The van der Waals surface area contributed by atoms with Crippen molar-refractivity contribution in [1.29, 1.82) is 0 Å². The van der Waals surface area contributed by atoms with Crippen molar-refractivity contribution in [2.45, 2.75) is 25.0 Å². The van der Waals surface area contributed by atoms with Crippen molar-refractivity contribution < 1.29 is 24.2 Å². The molecule has 1 unspecified atom stereocenters. The third kappa shape index (κ3) is 6.37. The monoisotopic (exact) mass is 284 g/mol. The zero-order valence-electron chi connectivity index (χ0n) is 11.0. The molecule has 0 aliphatic rings. The molecule has 0 aliphatic heterocycles. The van der Waals surface area contributed by atoms with Gasteiger partial charge in [-0.05, 0) is 36.7 Å². The molecule has 0 fully saturated rings. The summed E-state index contributed by atoms with van der Waals surface area (Å²) in [5, 5.41) is 18.7. The molecule has 0 spiro atoms. The van der Waals surface area contributed by atoms with Crippen LogP contribution in [0.2, 0.25) is 6.04 Å². The molecule has 2 N–H and O–H groups in total. The Hall–Kier alpha value is -1.37. The van der Waals surface area contributed by atoms with Gasteiger partial charge in [0.2, 0.25) is 0 Å². The molecule has 0 aromatic heterocycles. The molecule has 6 heteroatoms. The van der Waals surface area contributed by atoms with Crippen LogP contribution >= 0.6 is 0 Å². The van der Waals surface area contributed by atoms with Gasteiger partial charge in [-0.2, -0.15) is 0 Å². The first kappa shape index (κ1) is 15.7. The Labute approximate surface area is 115 Å². The molecule has 5 nitrogen and oxygen atoms in total. The van der Waals surface area contributed by atoms with Gasteiger partial charge >= 0.3 is 5.97 Å². The number of aromatic hydroxyl groups is 1. The highest BCUT2D eigenvalue weighted by atomic mass is 28.2. The zero-order chi connectivity index (χ0) is 14.1. The molecule has 0 saturated carbocycles. The van der Waals surface area contributed by atoms with Crippen molar-refractivity contribution >= 4 is 15.7 Å². The van der Waals surface area contributed by atoms with Gasteiger partial charge in [-0.1, -0.05) is 6.42 Å². The smallest absolute Gasteiger partial charge is 0.338 e. The van der Waals surface area contributed by atoms with Gasteiger partial charge in [0.1, 0.15) is 12.4 Å². The zero-order valence-corrected chi connectivity index (χ0v) is 12.5. The number of aliphatic hydroxyl groups excluding tert-OH is 1. The molecule has 1 aromatic rings. The normalized spacial score (nSPS) is 12.7. The van der Waals surface area contributed by atoms with Crippen molar-refractivity contribution in [3.05, 3.63) is 29.8 Å². The highest BCUT2D eigenvalue weighted by Gasteiger charge is 2.10. The molecule has 0 bridgehead atoms. The summed E-state index contributed by atoms with van der Waals surface area (Å²) in [7, 11) is 1.26. The van der Waals surface area contributed by atoms with Crippen LogP contribution in [0, 0.1) is 0 Å². The van der Waals surface area contributed by atoms with Crippen LogP contribution in [0.25, 0.3) is 0 Å². The van der Waals surface area contributed by atoms with Crippen LogP contribution in [0.1, 0.15) is 23.2 Å². The number of ether oxygens (including phenoxy) is 1. The lowest BCUT2D eigenvalue weighted by molar-refractivity contribution is 0.0237. The van der Waals surface area contributed by atoms with Crippen LogP contribution in [-0.2, 0) is 9.16 Å². The van der Waals surface area contributed by atoms with E-state index in [1.807, 2.05) is 0 Å². The molecule has 1 atom stereocenters. The highest BCUT2D eigenvalue weighted by Crippen LogP contribution is 2.11. The minimum Gasteiger partial charge on any atom is -0.508 e. The standard InChI is InChI=1S/C13H20O5Si/c1-17-19-8-2-3-12(15)9-18-13(16)10-4-6-11(14)7-5-10/h4-7,12,14-15H,2-3,8-9,19H2,1H3. The van der Waals surface area contributed by atoms with E-state index in [4.69, 9.17) is 14.3 Å². The summed E-state index contributed by atoms with van der Waals surface area (Å²) in [6.45, 7) is -0.00571. The van der Waals surface area contributed by atoms with Gasteiger partial charge in [0.05, 0.1) is 11.7 Å². The topological polar surface area (TPSA) is 76.0 Å². The van der Waals surface area contributed by atoms with Gasteiger partial charge in [0, 0.05) is 7.11 Å². The Morgan fingerprint density at radius 2 is 2.05 bits per heavy atom. The number of benzene rings is 1. The Kier molecular flexibility index (Phi) is 7.17. The number of aliphatic hydroxyl groups is 1. The minimum atomic E-state index is -0.632. The molecule has 19 heavy (non-hydrogen) atoms. The average molecular weight is 284 g/mol. The Bertz CT molecular complexity index is 379. The Balaban J connectivity index is 2.24. The molecular weight excluding hydrogens is 264 g/mol. The van der Waals surface area contributed by atoms with Crippen LogP contribution < -0.4 is 0 Å². The Morgan fingerprint density at radius 1 is 1.37 bits per heavy atom. The lowest BCUT2D eigenvalue weighted by atomic mass is 10.2. The van der Waals surface area contributed by atoms with Crippen molar-refractivity contribution in [3.8, 4) is 5.75 Å². The quantitative estimate of drug-likeness (QED) is 0.420. The van der Waals surface area contributed by atoms with E-state index in [1.165, 1.54) is 24.3 Å². The first-order valence-electron chi connectivity index (χ1n) is 6.26. The van der Waals surface area contributed by atoms with Crippen LogP contribution in [0.15, 0.2) is 24.3 Å². The predicted molar refractivity (Wildman–Crippen MR) is 74.0 cm³/mol. The SMILES string of the molecule is CO[SiH2]CCCC(O)COC(=O)c1ccc(O)cc1. The van der Waals surface area contributed by atoms with E-state index in [9.17, 15) is 9.90 Å². The minimum absolute atomic E-state index is 0.00571. The summed E-state index contributed by atoms with van der Waals surface area (Å²) in [5.41, 5.74) is 0.358. The summed E-state index contributed by atoms with van der Waals surface area (Å²) in [4.78, 5) is 11.6. The maximum absolute atomic E-state index is 11.6. The maximum atomic E-state index is 11.6. The molecule has 106 valence electrons. The maximum Gasteiger partial charge on any atom is 0.338 e. The fraction of sp³-hybridized carbons (Fsp3) is 0.462. The summed E-state index contributed by atoms with van der Waals surface area (Å²) in [6.07, 6.45) is 0.865. The lowest BCUT2D eigenvalue weighted by Gasteiger charge is -2.11. The largest absolute Gasteiger partial charge is 0.508 e. The average Bonchev–Trinajstić information content (AvgIpc) is 2.42. The van der Waals surface area contributed by atoms with Gasteiger partial charge in [0.25, 0.3) is 0 Å². The van der Waals surface area contributed by atoms with Crippen LogP contribution in [0.3, 0.4) is 0 Å². The summed E-state index contributed by atoms with van der Waals surface area (Å²) in [5.74, 6) is -0.399. The number of carbonyl (C=O) groups excluding carboxylic acids is 1. The molecule has 0 heterocycles. The molecule has 0 amide bonds. The number of carbonyl (C=O) groups is 1. The fourth-order valence-corrected chi connectivity index (χ4v) is 2.34. The van der Waals surface area contributed by atoms with E-state index in [1.54, 1.807) is 7.11 Å². The number of phenols is 1. The van der Waals surface area contributed by atoms with E-state index in [0.717, 1.165) is 12.5 Å². The van der Waals surface area contributed by atoms with Gasteiger partial charge in [0.15, 0.2) is 9.76 Å². The van der Waals surface area contributed by atoms with Crippen LogP contribution in [-0.4, -0.2) is 45.8 Å². The molecule has 1 aromatic carbocycles. The number of hydrogen-bond acceptors (Lipinski definition) is 5. The van der Waals surface area contributed by atoms with Gasteiger partial charge in [-0.3, -0.25) is 0 Å². The second-order valence-electron chi connectivity index (χ2n) is 4.29. The van der Waals surface area contributed by atoms with Crippen molar-refractivity contribution in [1.82, 2.24) is 0 Å². The molecule has 0 saturated heterocycles. The van der Waals surface area contributed by atoms with E-state index >= 15 is 0 Å². The van der Waals surface area contributed by atoms with Crippen LogP contribution in [0.5, 0.6) is 5.75 Å². The number of rotatable bonds is 8. The molecular formula is C13H20O5Si. The van der Waals surface area contributed by atoms with Gasteiger partial charge in [-0.15, -0.1) is 0 Å². The number of hydrogen-bond donors (Lipinski definition) is 2. The Morgan fingerprint density at radius 3 is 2.68 bits per heavy atom. The summed E-state index contributed by atoms with van der Waals surface area (Å²) < 4.78 is 10.0. The van der Waals surface area contributed by atoms with Gasteiger partial charge < -0.3 is 19.4 Å². The molecule has 0 aliphatic carbocycles. The van der Waals surface area contributed by atoms with E-state index in [0.29, 0.717) is 12.0 Å². The first-order valence-corrected chi connectivity index (χ1v) is 7.84. The van der Waals surface area contributed by atoms with Crippen molar-refractivity contribution in [2.24, 2.45) is 0 Å². The second-order valence-corrected chi connectivity index (χ2v) is 5.98. The third-order valence-corrected chi connectivity index (χ3v) is 3.84. The van der Waals surface area contributed by atoms with E-state index < -0.39 is 21.8 Å². The fourth-order valence-electron chi connectivity index (χ4n) is 1.56. The second kappa shape index (κ2) is 8.68. The predicted octanol–water partition coefficient (Wildman–Crippen LogP) is 0.839. The third-order valence-electron chi connectivity index (χ3n) is 2.65. The molecule has 1 rings (SSSR count). The van der Waals surface area contributed by atoms with Crippen molar-refractivity contribution in [2.75, 3.05) is 13.7 Å². The number of esters is 1. The highest BCUT2D eigenvalue weighted by molar-refractivity contribution is 6.26. The van der Waals surface area contributed by atoms with Crippen molar-refractivity contribution in [3.63, 3.8) is 0 Å². The summed E-state index contributed by atoms with van der Waals surface area (Å²) in [6, 6.07) is 6.81. The van der Waals surface area contributed by atoms with Crippen LogP contribution in [0.4, 0.5) is 0 Å². The van der Waals surface area contributed by atoms with E-state index in [-0.39, 0.29) is 12.4 Å². The summed E-state index contributed by atoms with van der Waals surface area (Å²) >= 11 is 0. The van der Waals surface area contributed by atoms with E-state index in [2.05, 4.69) is 0 Å². The first-order chi connectivity index (χ1) is 9.13. The molecule has 0 radical (unpaired) electrons. The number of phenolic OH excluding ortho intramolecular Hbond substituents is 1.